The second-order valence-electron chi connectivity index (χ2n) is 12.2. The number of aryl methyl sites for hydroxylation is 2. The summed E-state index contributed by atoms with van der Waals surface area (Å²) in [5, 5.41) is 23.4. The molecule has 1 aliphatic heterocycles. The number of nitrogens with zero attached hydrogens (tertiary/aromatic N) is 1. The number of rotatable bonds is 8. The highest BCUT2D eigenvalue weighted by atomic mass is 17.0. The molecule has 0 amide bonds. The van der Waals surface area contributed by atoms with E-state index in [1.165, 1.54) is 64.9 Å². The van der Waals surface area contributed by atoms with Crippen molar-refractivity contribution < 1.29 is 29.8 Å². The van der Waals surface area contributed by atoms with Gasteiger partial charge in [0.25, 0.3) is 0 Å². The second-order valence-corrected chi connectivity index (χ2v) is 12.2. The molecule has 4 aromatic carbocycles. The molecule has 1 aliphatic rings. The molecule has 0 saturated carbocycles. The van der Waals surface area contributed by atoms with Crippen LogP contribution >= 0.6 is 0 Å². The summed E-state index contributed by atoms with van der Waals surface area (Å²) >= 11 is 0. The number of ether oxygens (including phenoxy) is 3. The molecule has 0 aromatic heterocycles. The van der Waals surface area contributed by atoms with Crippen LogP contribution in [0.1, 0.15) is 84.3 Å². The quantitative estimate of drug-likeness (QED) is 0.0277. The Labute approximate surface area is 325 Å². The number of nitrogens with two attached hydrogens (primary N) is 5. The molecule has 0 atom stereocenters. The Bertz CT molecular complexity index is 1460. The Balaban J connectivity index is 0. The number of phenolic OH excluding ortho intramolecular Hbond substituents is 1. The number of unbranched alkanes of at least 4 members (excludes halogenated alkanes) is 4. The monoisotopic (exact) mass is 757 g/mol. The Morgan fingerprint density at radius 1 is 0.667 bits per heavy atom. The lowest BCUT2D eigenvalue weighted by Crippen LogP contribution is -2.36. The summed E-state index contributed by atoms with van der Waals surface area (Å²) in [7, 11) is 3.08. The van der Waals surface area contributed by atoms with E-state index in [0.29, 0.717) is 39.6 Å². The van der Waals surface area contributed by atoms with E-state index in [1.54, 1.807) is 24.3 Å². The van der Waals surface area contributed by atoms with Crippen molar-refractivity contribution in [3.8, 4) is 17.2 Å². The normalized spacial score (nSPS) is 11.4. The van der Waals surface area contributed by atoms with E-state index >= 15 is 0 Å². The fourth-order valence-electron chi connectivity index (χ4n) is 4.88. The van der Waals surface area contributed by atoms with Crippen LogP contribution in [0.5, 0.6) is 17.2 Å². The summed E-state index contributed by atoms with van der Waals surface area (Å²) in [5.41, 5.74) is 33.0. The van der Waals surface area contributed by atoms with Crippen LogP contribution in [0.4, 0.5) is 28.4 Å². The van der Waals surface area contributed by atoms with Gasteiger partial charge in [-0.25, -0.2) is 0 Å². The first kappa shape index (κ1) is 51.5. The molecule has 1 fully saturated rings. The minimum Gasteiger partial charge on any atom is -0.505 e. The van der Waals surface area contributed by atoms with Gasteiger partial charge in [-0.2, -0.15) is 0 Å². The van der Waals surface area contributed by atoms with Gasteiger partial charge in [0.1, 0.15) is 17.2 Å². The summed E-state index contributed by atoms with van der Waals surface area (Å²) < 4.78 is 15.1. The first-order chi connectivity index (χ1) is 25.9. The van der Waals surface area contributed by atoms with E-state index in [4.69, 9.17) is 53.4 Å². The SMILES string of the molecule is CC.CCCCCCC.CCCN1CCOCC1.COc1cc(N)c(OC)cc1N.Cc1cc2ccc(N)cc2c(O)c1N.Cc1ccc(N)cc1.OO. The number of morpholine rings is 1. The zero-order chi connectivity index (χ0) is 41.5. The number of hydrogen-bond donors (Lipinski definition) is 8. The van der Waals surface area contributed by atoms with Gasteiger partial charge in [-0.1, -0.05) is 90.5 Å². The molecule has 1 saturated heterocycles. The number of fused-ring (bicyclic) bond motifs is 1. The van der Waals surface area contributed by atoms with Crippen LogP contribution in [0.15, 0.2) is 60.7 Å². The molecule has 0 aliphatic carbocycles. The van der Waals surface area contributed by atoms with Crippen molar-refractivity contribution in [2.75, 3.05) is 75.7 Å². The van der Waals surface area contributed by atoms with Gasteiger partial charge >= 0.3 is 0 Å². The first-order valence-electron chi connectivity index (χ1n) is 18.8. The summed E-state index contributed by atoms with van der Waals surface area (Å²) in [6, 6.07) is 18.4. The number of methoxy groups -OCH3 is 2. The number of hydrogen-bond acceptors (Lipinski definition) is 12. The highest BCUT2D eigenvalue weighted by Gasteiger charge is 2.08. The van der Waals surface area contributed by atoms with E-state index in [0.717, 1.165) is 42.9 Å². The molecule has 1 heterocycles. The van der Waals surface area contributed by atoms with E-state index in [2.05, 4.69) is 25.7 Å². The highest BCUT2D eigenvalue weighted by Crippen LogP contribution is 2.34. The molecule has 0 spiro atoms. The minimum atomic E-state index is 0.118. The summed E-state index contributed by atoms with van der Waals surface area (Å²) in [6.45, 7) is 20.0. The Morgan fingerprint density at radius 3 is 1.57 bits per heavy atom. The van der Waals surface area contributed by atoms with Crippen molar-refractivity contribution in [2.24, 2.45) is 0 Å². The molecule has 0 unspecified atom stereocenters. The summed E-state index contributed by atoms with van der Waals surface area (Å²) in [5.74, 6) is 1.24. The predicted octanol–water partition coefficient (Wildman–Crippen LogP) is 9.21. The molecule has 306 valence electrons. The molecule has 0 bridgehead atoms. The number of aromatic hydroxyl groups is 1. The Hall–Kier alpha value is -4.62. The van der Waals surface area contributed by atoms with Crippen LogP contribution < -0.4 is 38.1 Å². The van der Waals surface area contributed by atoms with Gasteiger partial charge in [0, 0.05) is 42.0 Å². The van der Waals surface area contributed by atoms with Gasteiger partial charge in [0.15, 0.2) is 0 Å². The van der Waals surface area contributed by atoms with E-state index in [9.17, 15) is 5.11 Å². The number of nitrogen functional groups attached to an aromatic ring is 5. The predicted molar refractivity (Wildman–Crippen MR) is 232 cm³/mol. The van der Waals surface area contributed by atoms with E-state index < -0.39 is 0 Å². The average molecular weight is 757 g/mol. The standard InChI is InChI=1S/C11H12N2O.C8H12N2O2.C7H15NO.C7H9N.C7H16.C2H6.H2O2/c1-6-4-7-2-3-8(12)5-9(7)11(14)10(6)13;1-11-7-3-6(10)8(12-2)4-5(7)9;1-2-3-8-4-6-9-7-5-8;1-6-2-4-7(8)5-3-6;1-3-5-7-6-4-2;2*1-2/h2-5,14H,12-13H2,1H3;3-4H,9-10H2,1-2H3;2-7H2,1H3;2-5H,8H2,1H3;3-7H2,1-2H3;1-2H3;1-2H. The molecule has 54 heavy (non-hydrogen) atoms. The van der Waals surface area contributed by atoms with Gasteiger partial charge in [0.2, 0.25) is 0 Å². The van der Waals surface area contributed by atoms with Crippen molar-refractivity contribution >= 4 is 39.2 Å². The van der Waals surface area contributed by atoms with Gasteiger partial charge in [-0.05, 0) is 68.1 Å². The number of benzene rings is 4. The Morgan fingerprint density at radius 2 is 1.15 bits per heavy atom. The highest BCUT2D eigenvalue weighted by molar-refractivity contribution is 5.95. The maximum atomic E-state index is 9.78. The van der Waals surface area contributed by atoms with Crippen LogP contribution in [0, 0.1) is 13.8 Å². The fourth-order valence-corrected chi connectivity index (χ4v) is 4.88. The van der Waals surface area contributed by atoms with Gasteiger partial charge in [-0.15, -0.1) is 0 Å². The lowest BCUT2D eigenvalue weighted by molar-refractivity contribution is -0.176. The third kappa shape index (κ3) is 21.2. The van der Waals surface area contributed by atoms with Gasteiger partial charge in [-0.3, -0.25) is 15.4 Å². The van der Waals surface area contributed by atoms with E-state index in [1.807, 2.05) is 64.1 Å². The first-order valence-corrected chi connectivity index (χ1v) is 18.8. The second kappa shape index (κ2) is 31.9. The van der Waals surface area contributed by atoms with Crippen LogP contribution in [0.2, 0.25) is 0 Å². The molecular formula is C42H72N6O6. The summed E-state index contributed by atoms with van der Waals surface area (Å²) in [4.78, 5) is 2.45. The van der Waals surface area contributed by atoms with E-state index in [-0.39, 0.29) is 5.75 Å². The molecular weight excluding hydrogens is 684 g/mol. The fraction of sp³-hybridized carbons (Fsp3) is 0.476. The largest absolute Gasteiger partial charge is 0.505 e. The maximum absolute atomic E-state index is 9.78. The third-order valence-corrected chi connectivity index (χ3v) is 7.89. The number of phenols is 1. The zero-order valence-electron chi connectivity index (χ0n) is 34.5. The molecule has 5 rings (SSSR count). The van der Waals surface area contributed by atoms with Crippen molar-refractivity contribution in [3.63, 3.8) is 0 Å². The van der Waals surface area contributed by atoms with Crippen LogP contribution in [0.25, 0.3) is 10.8 Å². The van der Waals surface area contributed by atoms with Crippen LogP contribution in [0.3, 0.4) is 0 Å². The maximum Gasteiger partial charge on any atom is 0.146 e. The van der Waals surface area contributed by atoms with Crippen molar-refractivity contribution in [1.82, 2.24) is 4.90 Å². The minimum absolute atomic E-state index is 0.118. The van der Waals surface area contributed by atoms with Crippen LogP contribution in [-0.4, -0.2) is 67.6 Å². The lowest BCUT2D eigenvalue weighted by atomic mass is 10.0. The smallest absolute Gasteiger partial charge is 0.146 e. The number of anilines is 5. The molecule has 4 aromatic rings. The Kier molecular flexibility index (Phi) is 30.4. The topological polar surface area (TPSA) is 222 Å². The third-order valence-electron chi connectivity index (χ3n) is 7.89. The van der Waals surface area contributed by atoms with Crippen molar-refractivity contribution in [1.29, 1.82) is 0 Å². The van der Waals surface area contributed by atoms with Gasteiger partial charge < -0.3 is 48.0 Å². The summed E-state index contributed by atoms with van der Waals surface area (Å²) in [6.07, 6.45) is 8.27. The molecule has 0 radical (unpaired) electrons. The average Bonchev–Trinajstić information content (AvgIpc) is 3.19. The van der Waals surface area contributed by atoms with Crippen LogP contribution in [-0.2, 0) is 4.74 Å². The molecule has 13 N–H and O–H groups in total. The zero-order valence-corrected chi connectivity index (χ0v) is 34.5. The molecule has 12 heteroatoms. The van der Waals surface area contributed by atoms with Crippen molar-refractivity contribution in [2.45, 2.75) is 87.0 Å². The molecule has 12 nitrogen and oxygen atoms in total. The van der Waals surface area contributed by atoms with Crippen molar-refractivity contribution in [3.05, 3.63) is 71.8 Å². The lowest BCUT2D eigenvalue weighted by Gasteiger charge is -2.25. The van der Waals surface area contributed by atoms with Gasteiger partial charge in [0.05, 0.1) is 44.5 Å².